The zero-order chi connectivity index (χ0) is 34.2. The largest absolute Gasteiger partial charge is 0.468 e. The number of hydrogen-bond acceptors (Lipinski definition) is 6. The van der Waals surface area contributed by atoms with E-state index in [4.69, 9.17) is 14.6 Å². The highest BCUT2D eigenvalue weighted by Gasteiger charge is 2.09. The third-order valence-electron chi connectivity index (χ3n) is 8.91. The van der Waals surface area contributed by atoms with Crippen molar-refractivity contribution in [1.29, 1.82) is 0 Å². The van der Waals surface area contributed by atoms with E-state index in [0.717, 1.165) is 51.7 Å². The Balaban J connectivity index is 0. The fourth-order valence-corrected chi connectivity index (χ4v) is 5.87. The smallest absolute Gasteiger partial charge is 0.305 e. The van der Waals surface area contributed by atoms with Crippen LogP contribution in [0.1, 0.15) is 201 Å². The lowest BCUT2D eigenvalue weighted by Gasteiger charge is -2.21. The molecule has 0 aliphatic carbocycles. The van der Waals surface area contributed by atoms with Crippen LogP contribution in [0.2, 0.25) is 0 Å². The van der Waals surface area contributed by atoms with Gasteiger partial charge in [0.15, 0.2) is 0 Å². The molecule has 0 aromatic rings. The van der Waals surface area contributed by atoms with E-state index in [9.17, 15) is 9.59 Å². The van der Waals surface area contributed by atoms with Gasteiger partial charge in [-0.25, -0.2) is 0 Å². The highest BCUT2D eigenvalue weighted by Crippen LogP contribution is 2.19. The molecule has 1 unspecified atom stereocenters. The predicted molar refractivity (Wildman–Crippen MR) is 197 cm³/mol. The SMILES string of the molecule is CCCCCCCCC(CCCCCC)COC=O.CCCCCCCCOC(=O)CCCCCN(CCCO)CCCCCC. The molecule has 46 heavy (non-hydrogen) atoms. The molecule has 0 bridgehead atoms. The minimum atomic E-state index is -0.0275. The van der Waals surface area contributed by atoms with Crippen molar-refractivity contribution in [2.75, 3.05) is 39.5 Å². The summed E-state index contributed by atoms with van der Waals surface area (Å²) in [5, 5.41) is 9.06. The fraction of sp³-hybridized carbons (Fsp3) is 0.950. The van der Waals surface area contributed by atoms with Crippen molar-refractivity contribution in [3.8, 4) is 0 Å². The Morgan fingerprint density at radius 3 is 1.54 bits per heavy atom. The van der Waals surface area contributed by atoms with Gasteiger partial charge in [0.2, 0.25) is 0 Å². The molecule has 0 heterocycles. The van der Waals surface area contributed by atoms with Crippen molar-refractivity contribution in [1.82, 2.24) is 4.90 Å². The van der Waals surface area contributed by atoms with E-state index >= 15 is 0 Å². The summed E-state index contributed by atoms with van der Waals surface area (Å²) in [5.41, 5.74) is 0. The maximum Gasteiger partial charge on any atom is 0.305 e. The summed E-state index contributed by atoms with van der Waals surface area (Å²) in [4.78, 5) is 24.5. The van der Waals surface area contributed by atoms with Crippen LogP contribution in [-0.2, 0) is 19.1 Å². The number of aliphatic hydroxyl groups excluding tert-OH is 1. The highest BCUT2D eigenvalue weighted by atomic mass is 16.5. The predicted octanol–water partition coefficient (Wildman–Crippen LogP) is 11.2. The molecular formula is C40H81NO5. The van der Waals surface area contributed by atoms with Gasteiger partial charge in [-0.3, -0.25) is 9.59 Å². The van der Waals surface area contributed by atoms with Gasteiger partial charge in [-0.2, -0.15) is 0 Å². The normalized spacial score (nSPS) is 11.7. The van der Waals surface area contributed by atoms with E-state index in [1.807, 2.05) is 0 Å². The number of carbonyl (C=O) groups excluding carboxylic acids is 2. The van der Waals surface area contributed by atoms with Crippen molar-refractivity contribution in [3.05, 3.63) is 0 Å². The molecule has 1 N–H and O–H groups in total. The van der Waals surface area contributed by atoms with Crippen molar-refractivity contribution >= 4 is 12.4 Å². The second-order valence-electron chi connectivity index (χ2n) is 13.5. The molecule has 0 saturated carbocycles. The van der Waals surface area contributed by atoms with Crippen molar-refractivity contribution < 1.29 is 24.2 Å². The molecule has 276 valence electrons. The van der Waals surface area contributed by atoms with Gasteiger partial charge in [-0.1, -0.05) is 150 Å². The van der Waals surface area contributed by atoms with Gasteiger partial charge in [0.25, 0.3) is 6.47 Å². The second-order valence-corrected chi connectivity index (χ2v) is 13.5. The van der Waals surface area contributed by atoms with E-state index in [0.29, 0.717) is 32.0 Å². The molecule has 0 aliphatic rings. The maximum absolute atomic E-state index is 11.8. The van der Waals surface area contributed by atoms with Gasteiger partial charge in [0.05, 0.1) is 13.2 Å². The van der Waals surface area contributed by atoms with Crippen LogP contribution in [0, 0.1) is 5.92 Å². The number of aliphatic hydroxyl groups is 1. The lowest BCUT2D eigenvalue weighted by molar-refractivity contribution is -0.144. The highest BCUT2D eigenvalue weighted by molar-refractivity contribution is 5.69. The second kappa shape index (κ2) is 41.9. The molecule has 6 heteroatoms. The zero-order valence-electron chi connectivity index (χ0n) is 31.5. The van der Waals surface area contributed by atoms with Gasteiger partial charge >= 0.3 is 5.97 Å². The van der Waals surface area contributed by atoms with Gasteiger partial charge in [-0.05, 0) is 64.0 Å². The molecule has 0 fully saturated rings. The molecule has 0 rings (SSSR count). The standard InChI is InChI=1S/C23H47NO3.C17H34O2/c1-3-5-7-9-10-15-22-27-23(26)17-12-11-14-19-24(20-16-21-25)18-13-8-6-4-2;1-3-5-7-9-10-12-14-17(15-19-16-18)13-11-8-6-4-2/h25H,3-22H2,1-2H3;16-17H,3-15H2,1-2H3. The molecular weight excluding hydrogens is 574 g/mol. The van der Waals surface area contributed by atoms with Crippen molar-refractivity contribution in [2.24, 2.45) is 5.92 Å². The third-order valence-corrected chi connectivity index (χ3v) is 8.91. The summed E-state index contributed by atoms with van der Waals surface area (Å²) in [5.74, 6) is 0.563. The van der Waals surface area contributed by atoms with E-state index < -0.39 is 0 Å². The minimum Gasteiger partial charge on any atom is -0.468 e. The summed E-state index contributed by atoms with van der Waals surface area (Å²) < 4.78 is 10.3. The van der Waals surface area contributed by atoms with E-state index in [-0.39, 0.29) is 12.6 Å². The Hall–Kier alpha value is -1.14. The summed E-state index contributed by atoms with van der Waals surface area (Å²) >= 11 is 0. The Bertz CT molecular complexity index is 588. The zero-order valence-corrected chi connectivity index (χ0v) is 31.5. The number of rotatable bonds is 36. The average molecular weight is 656 g/mol. The number of ether oxygens (including phenoxy) is 2. The molecule has 1 atom stereocenters. The lowest BCUT2D eigenvalue weighted by atomic mass is 9.95. The Morgan fingerprint density at radius 1 is 0.587 bits per heavy atom. The number of hydrogen-bond donors (Lipinski definition) is 1. The van der Waals surface area contributed by atoms with Gasteiger partial charge < -0.3 is 19.5 Å². The Labute approximate surface area is 287 Å². The number of esters is 1. The number of nitrogens with zero attached hydrogens (tertiary/aromatic N) is 1. The molecule has 0 aromatic carbocycles. The molecule has 0 amide bonds. The topological polar surface area (TPSA) is 76.1 Å². The molecule has 0 aromatic heterocycles. The van der Waals surface area contributed by atoms with Crippen LogP contribution in [0.15, 0.2) is 0 Å². The number of unbranched alkanes of at least 4 members (excludes halogenated alkanes) is 18. The summed E-state index contributed by atoms with van der Waals surface area (Å²) in [6.07, 6.45) is 32.8. The lowest BCUT2D eigenvalue weighted by Crippen LogP contribution is -2.28. The first-order valence-corrected chi connectivity index (χ1v) is 20.1. The summed E-state index contributed by atoms with van der Waals surface area (Å²) in [6.45, 7) is 14.3. The Kier molecular flexibility index (Phi) is 42.8. The van der Waals surface area contributed by atoms with Crippen LogP contribution >= 0.6 is 0 Å². The van der Waals surface area contributed by atoms with Crippen LogP contribution in [0.5, 0.6) is 0 Å². The van der Waals surface area contributed by atoms with Crippen LogP contribution in [0.25, 0.3) is 0 Å². The first-order chi connectivity index (χ1) is 22.6. The van der Waals surface area contributed by atoms with Gasteiger partial charge in [0, 0.05) is 19.6 Å². The van der Waals surface area contributed by atoms with E-state index in [1.165, 1.54) is 135 Å². The Morgan fingerprint density at radius 2 is 1.02 bits per heavy atom. The molecule has 0 saturated heterocycles. The first-order valence-electron chi connectivity index (χ1n) is 20.1. The van der Waals surface area contributed by atoms with Crippen LogP contribution in [0.3, 0.4) is 0 Å². The summed E-state index contributed by atoms with van der Waals surface area (Å²) in [6, 6.07) is 0. The monoisotopic (exact) mass is 656 g/mol. The maximum atomic E-state index is 11.8. The average Bonchev–Trinajstić information content (AvgIpc) is 3.06. The first kappa shape index (κ1) is 47.0. The molecule has 6 nitrogen and oxygen atoms in total. The molecule has 0 aliphatic heterocycles. The summed E-state index contributed by atoms with van der Waals surface area (Å²) in [7, 11) is 0. The van der Waals surface area contributed by atoms with Gasteiger partial charge in [-0.15, -0.1) is 0 Å². The molecule has 0 spiro atoms. The fourth-order valence-electron chi connectivity index (χ4n) is 5.87. The van der Waals surface area contributed by atoms with E-state index in [1.54, 1.807) is 0 Å². The molecule has 0 radical (unpaired) electrons. The van der Waals surface area contributed by atoms with E-state index in [2.05, 4.69) is 32.6 Å². The third kappa shape index (κ3) is 39.0. The number of carbonyl (C=O) groups is 2. The van der Waals surface area contributed by atoms with Gasteiger partial charge in [0.1, 0.15) is 0 Å². The minimum absolute atomic E-state index is 0.0275. The van der Waals surface area contributed by atoms with Crippen LogP contribution < -0.4 is 0 Å². The van der Waals surface area contributed by atoms with Crippen LogP contribution in [-0.4, -0.2) is 61.9 Å². The van der Waals surface area contributed by atoms with Crippen molar-refractivity contribution in [2.45, 2.75) is 201 Å². The van der Waals surface area contributed by atoms with Crippen LogP contribution in [0.4, 0.5) is 0 Å². The van der Waals surface area contributed by atoms with Crippen molar-refractivity contribution in [3.63, 3.8) is 0 Å². The quantitative estimate of drug-likeness (QED) is 0.0411.